The topological polar surface area (TPSA) is 60.4 Å². The van der Waals surface area contributed by atoms with Gasteiger partial charge in [-0.25, -0.2) is 0 Å². The zero-order valence-electron chi connectivity index (χ0n) is 13.4. The number of hydrogen-bond acceptors (Lipinski definition) is 5. The third-order valence-corrected chi connectivity index (χ3v) is 4.67. The summed E-state index contributed by atoms with van der Waals surface area (Å²) in [5.41, 5.74) is 0.421. The van der Waals surface area contributed by atoms with Crippen molar-refractivity contribution in [2.75, 3.05) is 0 Å². The molecule has 0 bridgehead atoms. The quantitative estimate of drug-likeness (QED) is 0.536. The van der Waals surface area contributed by atoms with Crippen molar-refractivity contribution in [3.8, 4) is 0 Å². The van der Waals surface area contributed by atoms with Crippen LogP contribution < -0.4 is 0 Å². The summed E-state index contributed by atoms with van der Waals surface area (Å²) in [6.45, 7) is 3.43. The van der Waals surface area contributed by atoms with E-state index in [9.17, 15) is 14.4 Å². The first-order chi connectivity index (χ1) is 11.4. The van der Waals surface area contributed by atoms with Gasteiger partial charge in [-0.3, -0.25) is 14.4 Å². The van der Waals surface area contributed by atoms with Crippen LogP contribution in [-0.4, -0.2) is 23.6 Å². The summed E-state index contributed by atoms with van der Waals surface area (Å²) in [4.78, 5) is 37.6. The first-order valence-corrected chi connectivity index (χ1v) is 8.65. The predicted molar refractivity (Wildman–Crippen MR) is 94.0 cm³/mol. The number of esters is 1. The van der Waals surface area contributed by atoms with Crippen molar-refractivity contribution in [2.24, 2.45) is 0 Å². The molecule has 1 aromatic carbocycles. The number of halogens is 1. The van der Waals surface area contributed by atoms with Crippen LogP contribution in [0.25, 0.3) is 0 Å². The molecule has 0 fully saturated rings. The van der Waals surface area contributed by atoms with Crippen LogP contribution in [0.3, 0.4) is 0 Å². The summed E-state index contributed by atoms with van der Waals surface area (Å²) in [5.74, 6) is -0.964. The maximum atomic E-state index is 12.2. The second kappa shape index (κ2) is 8.22. The SMILES string of the molecule is Cc1ccc(C(=O)CCC(=O)OC(C)C(=O)c2ccc(Cl)cc2)s1. The molecular weight excluding hydrogens is 348 g/mol. The lowest BCUT2D eigenvalue weighted by Gasteiger charge is -2.12. The number of hydrogen-bond donors (Lipinski definition) is 0. The van der Waals surface area contributed by atoms with E-state index in [4.69, 9.17) is 16.3 Å². The van der Waals surface area contributed by atoms with Crippen LogP contribution in [0.15, 0.2) is 36.4 Å². The van der Waals surface area contributed by atoms with Crippen molar-refractivity contribution in [1.82, 2.24) is 0 Å². The number of rotatable bonds is 7. The molecule has 4 nitrogen and oxygen atoms in total. The minimum Gasteiger partial charge on any atom is -0.454 e. The van der Waals surface area contributed by atoms with Gasteiger partial charge in [0, 0.05) is 21.9 Å². The van der Waals surface area contributed by atoms with Gasteiger partial charge in [0.25, 0.3) is 0 Å². The van der Waals surface area contributed by atoms with E-state index in [1.165, 1.54) is 18.3 Å². The molecule has 0 aliphatic rings. The Morgan fingerprint density at radius 1 is 1.08 bits per heavy atom. The number of ether oxygens (including phenoxy) is 1. The molecule has 6 heteroatoms. The molecular formula is C18H17ClO4S. The molecule has 126 valence electrons. The second-order valence-electron chi connectivity index (χ2n) is 5.34. The van der Waals surface area contributed by atoms with Gasteiger partial charge < -0.3 is 4.74 Å². The Kier molecular flexibility index (Phi) is 6.29. The number of carbonyl (C=O) groups is 3. The Morgan fingerprint density at radius 3 is 2.33 bits per heavy atom. The molecule has 0 N–H and O–H groups in total. The van der Waals surface area contributed by atoms with E-state index in [0.717, 1.165) is 4.88 Å². The van der Waals surface area contributed by atoms with Crippen molar-refractivity contribution in [3.63, 3.8) is 0 Å². The van der Waals surface area contributed by atoms with E-state index >= 15 is 0 Å². The molecule has 0 aliphatic heterocycles. The zero-order valence-corrected chi connectivity index (χ0v) is 14.9. The zero-order chi connectivity index (χ0) is 17.7. The monoisotopic (exact) mass is 364 g/mol. The standard InChI is InChI=1S/C18H17ClO4S/c1-11-3-9-16(24-11)15(20)8-10-17(21)23-12(2)18(22)13-4-6-14(19)7-5-13/h3-7,9,12H,8,10H2,1-2H3. The summed E-state index contributed by atoms with van der Waals surface area (Å²) in [6.07, 6.45) is -0.882. The van der Waals surface area contributed by atoms with Gasteiger partial charge in [0.15, 0.2) is 11.9 Å². The fraction of sp³-hybridized carbons (Fsp3) is 0.278. The predicted octanol–water partition coefficient (Wildman–Crippen LogP) is 4.49. The van der Waals surface area contributed by atoms with Gasteiger partial charge in [0.2, 0.25) is 5.78 Å². The molecule has 0 radical (unpaired) electrons. The lowest BCUT2D eigenvalue weighted by molar-refractivity contribution is -0.146. The largest absolute Gasteiger partial charge is 0.454 e. The summed E-state index contributed by atoms with van der Waals surface area (Å²) in [5, 5.41) is 0.526. The van der Waals surface area contributed by atoms with Crippen molar-refractivity contribution < 1.29 is 19.1 Å². The summed E-state index contributed by atoms with van der Waals surface area (Å²) in [6, 6.07) is 9.98. The highest BCUT2D eigenvalue weighted by atomic mass is 35.5. The molecule has 1 aromatic heterocycles. The minimum absolute atomic E-state index is 0.0476. The summed E-state index contributed by atoms with van der Waals surface area (Å²) < 4.78 is 5.12. The van der Waals surface area contributed by atoms with Gasteiger partial charge >= 0.3 is 5.97 Å². The summed E-state index contributed by atoms with van der Waals surface area (Å²) in [7, 11) is 0. The van der Waals surface area contributed by atoms with E-state index in [1.54, 1.807) is 30.3 Å². The van der Waals surface area contributed by atoms with Crippen LogP contribution in [0, 0.1) is 6.92 Å². The van der Waals surface area contributed by atoms with Crippen LogP contribution in [-0.2, 0) is 9.53 Å². The Bertz CT molecular complexity index is 749. The minimum atomic E-state index is -0.905. The average molecular weight is 365 g/mol. The van der Waals surface area contributed by atoms with E-state index in [1.807, 2.05) is 13.0 Å². The first kappa shape index (κ1) is 18.4. The highest BCUT2D eigenvalue weighted by Gasteiger charge is 2.20. The molecule has 0 aliphatic carbocycles. The molecule has 1 atom stereocenters. The molecule has 1 heterocycles. The molecule has 0 saturated heterocycles. The van der Waals surface area contributed by atoms with Gasteiger partial charge in [-0.05, 0) is 50.2 Å². The Labute approximate surface area is 149 Å². The van der Waals surface area contributed by atoms with Crippen LogP contribution in [0.4, 0.5) is 0 Å². The maximum absolute atomic E-state index is 12.2. The van der Waals surface area contributed by atoms with Crippen LogP contribution in [0.1, 0.15) is 44.7 Å². The van der Waals surface area contributed by atoms with Crippen LogP contribution in [0.5, 0.6) is 0 Å². The Hall–Kier alpha value is -1.98. The number of Topliss-reactive ketones (excluding diaryl/α,β-unsaturated/α-hetero) is 2. The second-order valence-corrected chi connectivity index (χ2v) is 7.06. The number of thiophene rings is 1. The Balaban J connectivity index is 1.84. The fourth-order valence-electron chi connectivity index (χ4n) is 2.08. The Morgan fingerprint density at radius 2 is 1.75 bits per heavy atom. The van der Waals surface area contributed by atoms with E-state index < -0.39 is 12.1 Å². The van der Waals surface area contributed by atoms with Gasteiger partial charge in [-0.15, -0.1) is 11.3 Å². The molecule has 2 rings (SSSR count). The van der Waals surface area contributed by atoms with Gasteiger partial charge in [-0.2, -0.15) is 0 Å². The number of aryl methyl sites for hydroxylation is 1. The molecule has 0 saturated carbocycles. The fourth-order valence-corrected chi connectivity index (χ4v) is 3.04. The van der Waals surface area contributed by atoms with Crippen LogP contribution >= 0.6 is 22.9 Å². The average Bonchev–Trinajstić information content (AvgIpc) is 2.99. The molecule has 2 aromatic rings. The van der Waals surface area contributed by atoms with Gasteiger partial charge in [0.1, 0.15) is 0 Å². The molecule has 0 amide bonds. The summed E-state index contributed by atoms with van der Waals surface area (Å²) >= 11 is 7.17. The van der Waals surface area contributed by atoms with Crippen molar-refractivity contribution in [1.29, 1.82) is 0 Å². The number of ketones is 2. The third kappa shape index (κ3) is 5.01. The smallest absolute Gasteiger partial charge is 0.306 e. The van der Waals surface area contributed by atoms with Gasteiger partial charge in [0.05, 0.1) is 11.3 Å². The van der Waals surface area contributed by atoms with E-state index in [2.05, 4.69) is 0 Å². The maximum Gasteiger partial charge on any atom is 0.306 e. The number of benzene rings is 1. The third-order valence-electron chi connectivity index (χ3n) is 3.38. The molecule has 24 heavy (non-hydrogen) atoms. The normalized spacial score (nSPS) is 11.8. The van der Waals surface area contributed by atoms with Gasteiger partial charge in [-0.1, -0.05) is 11.6 Å². The highest BCUT2D eigenvalue weighted by Crippen LogP contribution is 2.18. The lowest BCUT2D eigenvalue weighted by atomic mass is 10.1. The van der Waals surface area contributed by atoms with Crippen molar-refractivity contribution >= 4 is 40.5 Å². The van der Waals surface area contributed by atoms with E-state index in [0.29, 0.717) is 15.5 Å². The highest BCUT2D eigenvalue weighted by molar-refractivity contribution is 7.14. The number of carbonyl (C=O) groups excluding carboxylic acids is 3. The van der Waals surface area contributed by atoms with E-state index in [-0.39, 0.29) is 24.4 Å². The lowest BCUT2D eigenvalue weighted by Crippen LogP contribution is -2.24. The van der Waals surface area contributed by atoms with Crippen LogP contribution in [0.2, 0.25) is 5.02 Å². The van der Waals surface area contributed by atoms with Crippen molar-refractivity contribution in [3.05, 3.63) is 56.7 Å². The molecule has 1 unspecified atom stereocenters. The molecule has 0 spiro atoms. The van der Waals surface area contributed by atoms with Crippen molar-refractivity contribution in [2.45, 2.75) is 32.8 Å². The first-order valence-electron chi connectivity index (χ1n) is 7.45.